The Bertz CT molecular complexity index is 1010. The molecular weight excluding hydrogens is 430 g/mol. The third-order valence-electron chi connectivity index (χ3n) is 5.44. The third kappa shape index (κ3) is 5.79. The Morgan fingerprint density at radius 2 is 1.64 bits per heavy atom. The Morgan fingerprint density at radius 1 is 1.03 bits per heavy atom. The van der Waals surface area contributed by atoms with E-state index in [1.54, 1.807) is 24.3 Å². The summed E-state index contributed by atoms with van der Waals surface area (Å²) in [6.45, 7) is 4.67. The number of nitrogens with one attached hydrogen (secondary N) is 1. The van der Waals surface area contributed by atoms with Crippen LogP contribution in [0.3, 0.4) is 0 Å². The van der Waals surface area contributed by atoms with Crippen LogP contribution in [0.1, 0.15) is 28.9 Å². The highest BCUT2D eigenvalue weighted by molar-refractivity contribution is 5.97. The van der Waals surface area contributed by atoms with Crippen molar-refractivity contribution in [1.29, 1.82) is 0 Å². The molecule has 0 saturated carbocycles. The number of amides is 1. The smallest absolute Gasteiger partial charge is 0.326 e. The van der Waals surface area contributed by atoms with Crippen molar-refractivity contribution >= 4 is 41.0 Å². The van der Waals surface area contributed by atoms with Crippen LogP contribution >= 0.6 is 0 Å². The summed E-state index contributed by atoms with van der Waals surface area (Å²) in [5, 5.41) is 20.3. The van der Waals surface area contributed by atoms with Gasteiger partial charge >= 0.3 is 11.9 Å². The summed E-state index contributed by atoms with van der Waals surface area (Å²) in [4.78, 5) is 46.9. The summed E-state index contributed by atoms with van der Waals surface area (Å²) in [5.41, 5.74) is 14.4. The van der Waals surface area contributed by atoms with Gasteiger partial charge in [-0.2, -0.15) is 4.98 Å². The van der Waals surface area contributed by atoms with Gasteiger partial charge in [0.25, 0.3) is 5.91 Å². The van der Waals surface area contributed by atoms with Gasteiger partial charge in [0.15, 0.2) is 5.82 Å². The molecule has 1 atom stereocenters. The van der Waals surface area contributed by atoms with E-state index >= 15 is 0 Å². The Labute approximate surface area is 190 Å². The summed E-state index contributed by atoms with van der Waals surface area (Å²) < 4.78 is 0. The lowest BCUT2D eigenvalue weighted by Gasteiger charge is -2.38. The number of nitrogens with zero attached hydrogens (tertiary/aromatic N) is 4. The Kier molecular flexibility index (Phi) is 7.16. The van der Waals surface area contributed by atoms with Crippen LogP contribution in [0, 0.1) is 6.92 Å². The molecule has 0 unspecified atom stereocenters. The van der Waals surface area contributed by atoms with Crippen molar-refractivity contribution in [2.75, 3.05) is 47.4 Å². The second-order valence-electron chi connectivity index (χ2n) is 7.72. The van der Waals surface area contributed by atoms with Crippen molar-refractivity contribution in [3.63, 3.8) is 0 Å². The molecule has 7 N–H and O–H groups in total. The van der Waals surface area contributed by atoms with Gasteiger partial charge in [-0.15, -0.1) is 0 Å². The first-order chi connectivity index (χ1) is 15.7. The average Bonchev–Trinajstić information content (AvgIpc) is 2.76. The van der Waals surface area contributed by atoms with Crippen molar-refractivity contribution in [2.45, 2.75) is 25.8 Å². The first-order valence-electron chi connectivity index (χ1n) is 10.4. The molecule has 0 spiro atoms. The predicted molar refractivity (Wildman–Crippen MR) is 122 cm³/mol. The van der Waals surface area contributed by atoms with E-state index in [0.29, 0.717) is 37.6 Å². The number of rotatable bonds is 8. The molecule has 2 heterocycles. The fraction of sp³-hybridized carbons (Fsp3) is 0.381. The summed E-state index contributed by atoms with van der Waals surface area (Å²) in [6.07, 6.45) is -0.544. The van der Waals surface area contributed by atoms with Gasteiger partial charge in [0.2, 0.25) is 5.95 Å². The largest absolute Gasteiger partial charge is 0.481 e. The van der Waals surface area contributed by atoms with Gasteiger partial charge in [-0.25, -0.2) is 9.78 Å². The van der Waals surface area contributed by atoms with Gasteiger partial charge in [-0.1, -0.05) is 0 Å². The highest BCUT2D eigenvalue weighted by Gasteiger charge is 2.24. The number of nitrogen functional groups attached to an aromatic ring is 2. The molecule has 1 aliphatic heterocycles. The molecule has 1 aromatic heterocycles. The van der Waals surface area contributed by atoms with E-state index in [4.69, 9.17) is 16.6 Å². The monoisotopic (exact) mass is 457 g/mol. The molecule has 12 nitrogen and oxygen atoms in total. The van der Waals surface area contributed by atoms with Crippen LogP contribution in [0.15, 0.2) is 24.3 Å². The van der Waals surface area contributed by atoms with E-state index in [2.05, 4.69) is 25.1 Å². The van der Waals surface area contributed by atoms with Gasteiger partial charge < -0.3 is 36.8 Å². The fourth-order valence-electron chi connectivity index (χ4n) is 3.78. The minimum absolute atomic E-state index is 0.146. The summed E-state index contributed by atoms with van der Waals surface area (Å²) >= 11 is 0. The lowest BCUT2D eigenvalue weighted by Crippen LogP contribution is -2.47. The maximum Gasteiger partial charge on any atom is 0.326 e. The Balaban J connectivity index is 1.60. The first-order valence-corrected chi connectivity index (χ1v) is 10.4. The number of nitrogens with two attached hydrogens (primary N) is 2. The number of piperazine rings is 1. The van der Waals surface area contributed by atoms with Crippen molar-refractivity contribution in [1.82, 2.24) is 15.3 Å². The summed E-state index contributed by atoms with van der Waals surface area (Å²) in [6, 6.07) is 5.55. The quantitative estimate of drug-likeness (QED) is 0.367. The molecular formula is C21H27N7O5. The zero-order valence-corrected chi connectivity index (χ0v) is 18.2. The number of carboxylic acids is 2. The minimum atomic E-state index is -1.28. The lowest BCUT2D eigenvalue weighted by atomic mass is 10.1. The van der Waals surface area contributed by atoms with Crippen molar-refractivity contribution in [2.24, 2.45) is 0 Å². The van der Waals surface area contributed by atoms with Gasteiger partial charge in [-0.3, -0.25) is 9.59 Å². The van der Waals surface area contributed by atoms with E-state index in [0.717, 1.165) is 17.1 Å². The van der Waals surface area contributed by atoms with Crippen molar-refractivity contribution in [3.8, 4) is 0 Å². The van der Waals surface area contributed by atoms with E-state index in [9.17, 15) is 19.5 Å². The lowest BCUT2D eigenvalue weighted by molar-refractivity contribution is -0.140. The number of carboxylic acid groups (broad SMARTS) is 2. The fourth-order valence-corrected chi connectivity index (χ4v) is 3.78. The average molecular weight is 457 g/mol. The molecule has 1 aliphatic rings. The Morgan fingerprint density at radius 3 is 2.18 bits per heavy atom. The molecule has 0 radical (unpaired) electrons. The third-order valence-corrected chi connectivity index (χ3v) is 5.44. The minimum Gasteiger partial charge on any atom is -0.481 e. The number of carbonyl (C=O) groups excluding carboxylic acids is 1. The number of carbonyl (C=O) groups is 3. The molecule has 12 heteroatoms. The molecule has 1 aromatic carbocycles. The second kappa shape index (κ2) is 10.0. The van der Waals surface area contributed by atoms with Crippen LogP contribution in [0.4, 0.5) is 23.1 Å². The van der Waals surface area contributed by atoms with Gasteiger partial charge in [0.1, 0.15) is 11.7 Å². The number of benzene rings is 1. The van der Waals surface area contributed by atoms with Gasteiger partial charge in [0, 0.05) is 43.9 Å². The van der Waals surface area contributed by atoms with Crippen LogP contribution in [0.5, 0.6) is 0 Å². The second-order valence-corrected chi connectivity index (χ2v) is 7.72. The molecule has 1 amide bonds. The summed E-state index contributed by atoms with van der Waals surface area (Å²) in [5.74, 6) is -2.47. The number of aliphatic carboxylic acids is 2. The standard InChI is InChI=1S/C21H27N7O5/c1-12-17(18(22)26-21(23)24-12)28-10-8-27(9-11-28)14-4-2-13(3-5-14)19(31)25-15(20(32)33)6-7-16(29)30/h2-5,15H,6-11H2,1H3,(H,25,31)(H,29,30)(H,32,33)(H4,22,23,24,26)/t15-/m0/s1. The first kappa shape index (κ1) is 23.6. The molecule has 0 bridgehead atoms. The number of aromatic nitrogens is 2. The molecule has 0 aliphatic carbocycles. The van der Waals surface area contributed by atoms with Gasteiger partial charge in [0.05, 0.1) is 5.69 Å². The molecule has 1 fully saturated rings. The number of aryl methyl sites for hydroxylation is 1. The number of hydrogen-bond donors (Lipinski definition) is 5. The van der Waals surface area contributed by atoms with Gasteiger partial charge in [-0.05, 0) is 37.6 Å². The topological polar surface area (TPSA) is 188 Å². The molecule has 2 aromatic rings. The molecule has 33 heavy (non-hydrogen) atoms. The molecule has 1 saturated heterocycles. The van der Waals surface area contributed by atoms with Crippen molar-refractivity contribution < 1.29 is 24.6 Å². The SMILES string of the molecule is Cc1nc(N)nc(N)c1N1CCN(c2ccc(C(=O)N[C@@H](CCC(=O)O)C(=O)O)cc2)CC1. The van der Waals surface area contributed by atoms with Crippen LogP contribution in [0.25, 0.3) is 0 Å². The normalized spacial score (nSPS) is 14.6. The van der Waals surface area contributed by atoms with Crippen LogP contribution in [0.2, 0.25) is 0 Å². The molecule has 3 rings (SSSR count). The zero-order chi connectivity index (χ0) is 24.1. The summed E-state index contributed by atoms with van der Waals surface area (Å²) in [7, 11) is 0. The van der Waals surface area contributed by atoms with E-state index in [1.807, 2.05) is 6.92 Å². The molecule has 176 valence electrons. The maximum atomic E-state index is 12.4. The maximum absolute atomic E-state index is 12.4. The highest BCUT2D eigenvalue weighted by atomic mass is 16.4. The van der Waals surface area contributed by atoms with E-state index in [-0.39, 0.29) is 18.8 Å². The number of hydrogen-bond acceptors (Lipinski definition) is 9. The highest BCUT2D eigenvalue weighted by Crippen LogP contribution is 2.27. The Hall–Kier alpha value is -4.09. The van der Waals surface area contributed by atoms with Crippen molar-refractivity contribution in [3.05, 3.63) is 35.5 Å². The van der Waals surface area contributed by atoms with E-state index < -0.39 is 23.9 Å². The number of anilines is 4. The zero-order valence-electron chi connectivity index (χ0n) is 18.2. The van der Waals surface area contributed by atoms with E-state index in [1.165, 1.54) is 0 Å². The van der Waals surface area contributed by atoms with Crippen LogP contribution in [-0.4, -0.2) is 70.2 Å². The van der Waals surface area contributed by atoms with Crippen LogP contribution in [-0.2, 0) is 9.59 Å². The van der Waals surface area contributed by atoms with Crippen LogP contribution < -0.4 is 26.6 Å². The predicted octanol–water partition coefficient (Wildman–Crippen LogP) is 0.324.